The van der Waals surface area contributed by atoms with E-state index in [1.165, 1.54) is 39.9 Å². The molecule has 0 bridgehead atoms. The highest BCUT2D eigenvalue weighted by atomic mass is 32.2. The van der Waals surface area contributed by atoms with E-state index in [2.05, 4.69) is 4.99 Å². The van der Waals surface area contributed by atoms with Gasteiger partial charge in [0.25, 0.3) is 15.9 Å². The number of methoxy groups -OCH3 is 1. The number of carbonyl (C=O) groups is 1. The van der Waals surface area contributed by atoms with Gasteiger partial charge >= 0.3 is 0 Å². The van der Waals surface area contributed by atoms with Gasteiger partial charge in [-0.05, 0) is 67.3 Å². The largest absolute Gasteiger partial charge is 0.495 e. The number of fused-ring (bicyclic) bond motifs is 2. The van der Waals surface area contributed by atoms with Gasteiger partial charge < -0.3 is 9.30 Å². The molecule has 5 rings (SSSR count). The van der Waals surface area contributed by atoms with E-state index in [4.69, 9.17) is 4.74 Å². The van der Waals surface area contributed by atoms with Crippen LogP contribution in [0.3, 0.4) is 0 Å². The maximum absolute atomic E-state index is 13.4. The molecule has 0 spiro atoms. The summed E-state index contributed by atoms with van der Waals surface area (Å²) >= 11 is 1.42. The van der Waals surface area contributed by atoms with Crippen LogP contribution >= 0.6 is 11.3 Å². The van der Waals surface area contributed by atoms with Crippen molar-refractivity contribution in [3.63, 3.8) is 0 Å². The molecule has 9 heteroatoms. The number of aryl methyl sites for hydroxylation is 3. The standard InChI is InChI=1S/C26H25N3O4S2/c1-17-10-15-22(33-3)23-24(17)34-26(28(23)2)27-25(30)19-11-13-20(14-12-19)35(31,32)29-16-6-8-18-7-4-5-9-21(18)29/h4-5,7,9-15H,6,8,16H2,1-3H3. The molecule has 180 valence electrons. The van der Waals surface area contributed by atoms with E-state index in [1.54, 1.807) is 7.11 Å². The number of carbonyl (C=O) groups excluding carboxylic acids is 1. The van der Waals surface area contributed by atoms with Crippen LogP contribution in [-0.4, -0.2) is 32.5 Å². The summed E-state index contributed by atoms with van der Waals surface area (Å²) in [6.45, 7) is 2.43. The zero-order chi connectivity index (χ0) is 24.7. The van der Waals surface area contributed by atoms with Gasteiger partial charge in [-0.15, -0.1) is 0 Å². The predicted octanol–water partition coefficient (Wildman–Crippen LogP) is 4.44. The highest BCUT2D eigenvalue weighted by Crippen LogP contribution is 2.32. The second-order valence-corrected chi connectivity index (χ2v) is 11.3. The van der Waals surface area contributed by atoms with Gasteiger partial charge in [-0.1, -0.05) is 35.6 Å². The average Bonchev–Trinajstić information content (AvgIpc) is 3.20. The molecular formula is C26H25N3O4S2. The summed E-state index contributed by atoms with van der Waals surface area (Å²) in [5.74, 6) is 0.281. The summed E-state index contributed by atoms with van der Waals surface area (Å²) in [5, 5.41) is 0. The molecule has 7 nitrogen and oxygen atoms in total. The normalized spacial score (nSPS) is 14.3. The van der Waals surface area contributed by atoms with Crippen LogP contribution in [0.4, 0.5) is 5.69 Å². The second kappa shape index (κ2) is 8.98. The zero-order valence-electron chi connectivity index (χ0n) is 19.7. The van der Waals surface area contributed by atoms with Crippen LogP contribution in [-0.2, 0) is 23.5 Å². The Labute approximate surface area is 208 Å². The van der Waals surface area contributed by atoms with Crippen molar-refractivity contribution < 1.29 is 17.9 Å². The number of aromatic nitrogens is 1. The Morgan fingerprint density at radius 3 is 2.54 bits per heavy atom. The van der Waals surface area contributed by atoms with Crippen LogP contribution < -0.4 is 13.8 Å². The molecule has 0 N–H and O–H groups in total. The number of sulfonamides is 1. The summed E-state index contributed by atoms with van der Waals surface area (Å²) < 4.78 is 36.5. The van der Waals surface area contributed by atoms with E-state index < -0.39 is 15.9 Å². The number of anilines is 1. The first-order valence-electron chi connectivity index (χ1n) is 11.2. The van der Waals surface area contributed by atoms with Gasteiger partial charge in [-0.2, -0.15) is 4.99 Å². The third-order valence-electron chi connectivity index (χ3n) is 6.28. The minimum Gasteiger partial charge on any atom is -0.495 e. The van der Waals surface area contributed by atoms with E-state index in [1.807, 2.05) is 54.9 Å². The van der Waals surface area contributed by atoms with Crippen LogP contribution in [0, 0.1) is 6.92 Å². The molecule has 3 aromatic carbocycles. The third-order valence-corrected chi connectivity index (χ3v) is 9.38. The Morgan fingerprint density at radius 1 is 1.06 bits per heavy atom. The van der Waals surface area contributed by atoms with Gasteiger partial charge in [-0.25, -0.2) is 8.42 Å². The summed E-state index contributed by atoms with van der Waals surface area (Å²) in [5.41, 5.74) is 4.02. The number of hydrogen-bond acceptors (Lipinski definition) is 5. The maximum atomic E-state index is 13.4. The highest BCUT2D eigenvalue weighted by molar-refractivity contribution is 7.92. The topological polar surface area (TPSA) is 81.0 Å². The molecule has 1 amide bonds. The number of benzene rings is 3. The first-order chi connectivity index (χ1) is 16.8. The molecule has 1 aromatic heterocycles. The van der Waals surface area contributed by atoms with Crippen LogP contribution in [0.25, 0.3) is 10.2 Å². The van der Waals surface area contributed by atoms with Crippen LogP contribution in [0.2, 0.25) is 0 Å². The Hall–Kier alpha value is -3.43. The lowest BCUT2D eigenvalue weighted by atomic mass is 10.0. The summed E-state index contributed by atoms with van der Waals surface area (Å²) in [6.07, 6.45) is 1.62. The fraction of sp³-hybridized carbons (Fsp3) is 0.231. The van der Waals surface area contributed by atoms with Gasteiger partial charge in [0, 0.05) is 19.2 Å². The van der Waals surface area contributed by atoms with Crippen molar-refractivity contribution in [3.05, 3.63) is 82.2 Å². The van der Waals surface area contributed by atoms with Crippen molar-refractivity contribution in [2.75, 3.05) is 18.0 Å². The molecule has 0 unspecified atom stereocenters. The number of thiazole rings is 1. The molecule has 0 radical (unpaired) electrons. The zero-order valence-corrected chi connectivity index (χ0v) is 21.3. The smallest absolute Gasteiger partial charge is 0.279 e. The van der Waals surface area contributed by atoms with Gasteiger partial charge in [0.15, 0.2) is 4.80 Å². The van der Waals surface area contributed by atoms with Crippen LogP contribution in [0.5, 0.6) is 5.75 Å². The van der Waals surface area contributed by atoms with Crippen molar-refractivity contribution in [2.24, 2.45) is 12.0 Å². The summed E-state index contributed by atoms with van der Waals surface area (Å²) in [6, 6.07) is 17.4. The van der Waals surface area contributed by atoms with E-state index in [0.29, 0.717) is 22.7 Å². The number of rotatable bonds is 4. The highest BCUT2D eigenvalue weighted by Gasteiger charge is 2.29. The summed E-state index contributed by atoms with van der Waals surface area (Å²) in [7, 11) is -0.279. The van der Waals surface area contributed by atoms with E-state index in [0.717, 1.165) is 39.9 Å². The molecule has 0 fully saturated rings. The number of hydrogen-bond donors (Lipinski definition) is 0. The van der Waals surface area contributed by atoms with E-state index >= 15 is 0 Å². The van der Waals surface area contributed by atoms with Gasteiger partial charge in [0.05, 0.1) is 22.4 Å². The third kappa shape index (κ3) is 4.04. The van der Waals surface area contributed by atoms with Crippen LogP contribution in [0.1, 0.15) is 27.9 Å². The Kier molecular flexibility index (Phi) is 5.98. The minimum atomic E-state index is -3.74. The lowest BCUT2D eigenvalue weighted by Crippen LogP contribution is -2.35. The summed E-state index contributed by atoms with van der Waals surface area (Å²) in [4.78, 5) is 18.0. The second-order valence-electron chi connectivity index (χ2n) is 8.46. The monoisotopic (exact) mass is 507 g/mol. The number of ether oxygens (including phenoxy) is 1. The molecule has 2 heterocycles. The van der Waals surface area contributed by atoms with Crippen molar-refractivity contribution in [2.45, 2.75) is 24.7 Å². The minimum absolute atomic E-state index is 0.151. The molecule has 4 aromatic rings. The van der Waals surface area contributed by atoms with Gasteiger partial charge in [0.2, 0.25) is 0 Å². The molecular weight excluding hydrogens is 482 g/mol. The number of para-hydroxylation sites is 1. The van der Waals surface area contributed by atoms with Crippen molar-refractivity contribution in [1.29, 1.82) is 0 Å². The quantitative estimate of drug-likeness (QED) is 0.409. The fourth-order valence-electron chi connectivity index (χ4n) is 4.42. The molecule has 0 saturated heterocycles. The van der Waals surface area contributed by atoms with Crippen LogP contribution in [0.15, 0.2) is 70.6 Å². The molecule has 0 saturated carbocycles. The van der Waals surface area contributed by atoms with Crippen molar-refractivity contribution >= 4 is 43.2 Å². The Balaban J connectivity index is 1.47. The lowest BCUT2D eigenvalue weighted by Gasteiger charge is -2.30. The number of nitrogens with zero attached hydrogens (tertiary/aromatic N) is 3. The molecule has 1 aliphatic rings. The van der Waals surface area contributed by atoms with Crippen molar-refractivity contribution in [1.82, 2.24) is 4.57 Å². The molecule has 0 atom stereocenters. The van der Waals surface area contributed by atoms with E-state index in [9.17, 15) is 13.2 Å². The van der Waals surface area contributed by atoms with Crippen molar-refractivity contribution in [3.8, 4) is 5.75 Å². The van der Waals surface area contributed by atoms with Gasteiger partial charge in [0.1, 0.15) is 11.3 Å². The maximum Gasteiger partial charge on any atom is 0.279 e. The fourth-order valence-corrected chi connectivity index (χ4v) is 7.06. The predicted molar refractivity (Wildman–Crippen MR) is 138 cm³/mol. The Morgan fingerprint density at radius 2 is 1.80 bits per heavy atom. The lowest BCUT2D eigenvalue weighted by molar-refractivity contribution is 0.0998. The Bertz CT molecular complexity index is 1620. The molecule has 1 aliphatic heterocycles. The van der Waals surface area contributed by atoms with E-state index in [-0.39, 0.29) is 4.90 Å². The molecule has 35 heavy (non-hydrogen) atoms. The SMILES string of the molecule is COc1ccc(C)c2sc(=NC(=O)c3ccc(S(=O)(=O)N4CCCc5ccccc54)cc3)n(C)c12. The molecule has 0 aliphatic carbocycles. The first-order valence-corrected chi connectivity index (χ1v) is 13.5. The van der Waals surface area contributed by atoms with Gasteiger partial charge in [-0.3, -0.25) is 9.10 Å². The number of amides is 1. The average molecular weight is 508 g/mol. The first kappa shape index (κ1) is 23.3.